The fourth-order valence-electron chi connectivity index (χ4n) is 4.55. The van der Waals surface area contributed by atoms with Crippen molar-refractivity contribution in [2.75, 3.05) is 45.8 Å². The first-order valence-electron chi connectivity index (χ1n) is 10.9. The molecule has 2 unspecified atom stereocenters. The fourth-order valence-corrected chi connectivity index (χ4v) is 5.99. The minimum atomic E-state index is -3.50. The molecule has 8 heteroatoms. The van der Waals surface area contributed by atoms with Gasteiger partial charge in [-0.15, -0.1) is 0 Å². The number of carbonyl (C=O) groups is 1. The van der Waals surface area contributed by atoms with E-state index in [9.17, 15) is 13.2 Å². The van der Waals surface area contributed by atoms with Gasteiger partial charge in [-0.25, -0.2) is 13.2 Å². The summed E-state index contributed by atoms with van der Waals surface area (Å²) in [6.07, 6.45) is 1.26. The molecule has 2 heterocycles. The zero-order valence-corrected chi connectivity index (χ0v) is 19.5. The highest BCUT2D eigenvalue weighted by molar-refractivity contribution is 7.89. The molecule has 2 fully saturated rings. The highest BCUT2D eigenvalue weighted by Gasteiger charge is 2.34. The van der Waals surface area contributed by atoms with Crippen LogP contribution in [-0.4, -0.2) is 79.9 Å². The number of urea groups is 1. The van der Waals surface area contributed by atoms with Gasteiger partial charge in [0.2, 0.25) is 10.0 Å². The van der Waals surface area contributed by atoms with E-state index in [1.54, 1.807) is 35.2 Å². The van der Waals surface area contributed by atoms with Gasteiger partial charge in [0.25, 0.3) is 0 Å². The summed E-state index contributed by atoms with van der Waals surface area (Å²) in [5.74, 6) is 1.34. The summed E-state index contributed by atoms with van der Waals surface area (Å²) in [5, 5.41) is 3.08. The molecule has 0 bridgehead atoms. The van der Waals surface area contributed by atoms with Crippen molar-refractivity contribution in [1.29, 1.82) is 0 Å². The molecule has 30 heavy (non-hydrogen) atoms. The van der Waals surface area contributed by atoms with Gasteiger partial charge >= 0.3 is 6.03 Å². The van der Waals surface area contributed by atoms with Gasteiger partial charge in [-0.1, -0.05) is 32.0 Å². The van der Waals surface area contributed by atoms with Crippen LogP contribution in [-0.2, 0) is 10.0 Å². The lowest BCUT2D eigenvalue weighted by Gasteiger charge is -2.45. The van der Waals surface area contributed by atoms with Crippen molar-refractivity contribution in [2.24, 2.45) is 11.8 Å². The highest BCUT2D eigenvalue weighted by atomic mass is 32.2. The lowest BCUT2D eigenvalue weighted by atomic mass is 9.88. The minimum absolute atomic E-state index is 0.113. The van der Waals surface area contributed by atoms with Crippen LogP contribution in [0.1, 0.15) is 34.1 Å². The second-order valence-electron chi connectivity index (χ2n) is 9.53. The first kappa shape index (κ1) is 23.0. The molecule has 0 radical (unpaired) electrons. The molecule has 2 saturated heterocycles. The second-order valence-corrected chi connectivity index (χ2v) is 11.5. The lowest BCUT2D eigenvalue weighted by Crippen LogP contribution is -2.58. The van der Waals surface area contributed by atoms with E-state index in [4.69, 9.17) is 0 Å². The normalized spacial score (nSPS) is 24.6. The summed E-state index contributed by atoms with van der Waals surface area (Å²) in [5.41, 5.74) is -0.114. The minimum Gasteiger partial charge on any atom is -0.336 e. The molecule has 1 N–H and O–H groups in total. The summed E-state index contributed by atoms with van der Waals surface area (Å²) in [4.78, 5) is 17.2. The lowest BCUT2D eigenvalue weighted by molar-refractivity contribution is 0.0461. The van der Waals surface area contributed by atoms with E-state index in [0.29, 0.717) is 49.5 Å². The average Bonchev–Trinajstić information content (AvgIpc) is 2.72. The maximum Gasteiger partial charge on any atom is 0.317 e. The van der Waals surface area contributed by atoms with Crippen LogP contribution in [0, 0.1) is 11.8 Å². The predicted octanol–water partition coefficient (Wildman–Crippen LogP) is 2.46. The van der Waals surface area contributed by atoms with Crippen molar-refractivity contribution in [3.63, 3.8) is 0 Å². The maximum atomic E-state index is 12.8. The molecule has 1 aromatic rings. The number of piperazine rings is 1. The third-order valence-corrected chi connectivity index (χ3v) is 8.22. The predicted molar refractivity (Wildman–Crippen MR) is 119 cm³/mol. The summed E-state index contributed by atoms with van der Waals surface area (Å²) < 4.78 is 27.0. The van der Waals surface area contributed by atoms with Gasteiger partial charge in [0.05, 0.1) is 4.90 Å². The first-order chi connectivity index (χ1) is 14.1. The van der Waals surface area contributed by atoms with Gasteiger partial charge in [-0.2, -0.15) is 4.31 Å². The molecular weight excluding hydrogens is 400 g/mol. The molecule has 1 aromatic carbocycles. The molecule has 168 valence electrons. The van der Waals surface area contributed by atoms with E-state index in [2.05, 4.69) is 37.9 Å². The van der Waals surface area contributed by atoms with Crippen LogP contribution in [0.15, 0.2) is 35.2 Å². The number of benzene rings is 1. The van der Waals surface area contributed by atoms with Crippen LogP contribution >= 0.6 is 0 Å². The van der Waals surface area contributed by atoms with Crippen LogP contribution in [0.3, 0.4) is 0 Å². The van der Waals surface area contributed by atoms with Crippen molar-refractivity contribution in [2.45, 2.75) is 44.6 Å². The SMILES string of the molecule is CC1CC(C)CN(C(C)(C)CNC(=O)N2CCN(S(=O)(=O)c3ccccc3)CC2)C1. The number of rotatable bonds is 5. The van der Waals surface area contributed by atoms with E-state index in [1.807, 2.05) is 0 Å². The van der Waals surface area contributed by atoms with Gasteiger partial charge in [-0.05, 0) is 44.2 Å². The average molecular weight is 437 g/mol. The number of sulfonamides is 1. The van der Waals surface area contributed by atoms with Crippen molar-refractivity contribution in [1.82, 2.24) is 19.4 Å². The summed E-state index contributed by atoms with van der Waals surface area (Å²) in [6.45, 7) is 13.1. The monoisotopic (exact) mass is 436 g/mol. The summed E-state index contributed by atoms with van der Waals surface area (Å²) in [6, 6.07) is 8.36. The Kier molecular flexibility index (Phi) is 7.09. The number of amides is 2. The van der Waals surface area contributed by atoms with Crippen molar-refractivity contribution in [3.8, 4) is 0 Å². The zero-order valence-electron chi connectivity index (χ0n) is 18.7. The van der Waals surface area contributed by atoms with Gasteiger partial charge in [0.1, 0.15) is 0 Å². The molecule has 0 spiro atoms. The molecule has 0 aliphatic carbocycles. The number of nitrogens with zero attached hydrogens (tertiary/aromatic N) is 3. The molecule has 2 amide bonds. The number of likely N-dealkylation sites (tertiary alicyclic amines) is 1. The number of nitrogens with one attached hydrogen (secondary N) is 1. The van der Waals surface area contributed by atoms with E-state index < -0.39 is 10.0 Å². The van der Waals surface area contributed by atoms with Gasteiger partial charge in [-0.3, -0.25) is 4.90 Å². The summed E-state index contributed by atoms with van der Waals surface area (Å²) >= 11 is 0. The molecule has 0 saturated carbocycles. The molecule has 3 rings (SSSR count). The Morgan fingerprint density at radius 2 is 1.60 bits per heavy atom. The number of hydrogen-bond donors (Lipinski definition) is 1. The Morgan fingerprint density at radius 1 is 1.03 bits per heavy atom. The third-order valence-electron chi connectivity index (χ3n) is 6.30. The van der Waals surface area contributed by atoms with E-state index in [0.717, 1.165) is 13.1 Å². The number of carbonyl (C=O) groups excluding carboxylic acids is 1. The van der Waals surface area contributed by atoms with E-state index >= 15 is 0 Å². The smallest absolute Gasteiger partial charge is 0.317 e. The van der Waals surface area contributed by atoms with Crippen LogP contribution in [0.2, 0.25) is 0 Å². The third kappa shape index (κ3) is 5.34. The molecule has 7 nitrogen and oxygen atoms in total. The van der Waals surface area contributed by atoms with Crippen LogP contribution in [0.5, 0.6) is 0 Å². The largest absolute Gasteiger partial charge is 0.336 e. The van der Waals surface area contributed by atoms with Gasteiger partial charge in [0, 0.05) is 51.4 Å². The standard InChI is InChI=1S/C22H36N4O3S/c1-18-14-19(2)16-25(15-18)22(3,4)17-23-21(27)24-10-12-26(13-11-24)30(28,29)20-8-6-5-7-9-20/h5-9,18-19H,10-17H2,1-4H3,(H,23,27). The first-order valence-corrected chi connectivity index (χ1v) is 12.4. The van der Waals surface area contributed by atoms with Crippen LogP contribution in [0.4, 0.5) is 4.79 Å². The van der Waals surface area contributed by atoms with Crippen LogP contribution < -0.4 is 5.32 Å². The Morgan fingerprint density at radius 3 is 2.17 bits per heavy atom. The summed E-state index contributed by atoms with van der Waals surface area (Å²) in [7, 11) is -3.50. The maximum absolute atomic E-state index is 12.8. The highest BCUT2D eigenvalue weighted by Crippen LogP contribution is 2.27. The van der Waals surface area contributed by atoms with Gasteiger partial charge in [0.15, 0.2) is 0 Å². The fraction of sp³-hybridized carbons (Fsp3) is 0.682. The molecule has 2 aliphatic heterocycles. The zero-order chi connectivity index (χ0) is 21.9. The molecule has 0 aromatic heterocycles. The number of hydrogen-bond acceptors (Lipinski definition) is 4. The van der Waals surface area contributed by atoms with Crippen molar-refractivity contribution >= 4 is 16.1 Å². The molecule has 2 atom stereocenters. The van der Waals surface area contributed by atoms with Crippen molar-refractivity contribution < 1.29 is 13.2 Å². The number of piperidine rings is 1. The Bertz CT molecular complexity index is 810. The van der Waals surface area contributed by atoms with Crippen LogP contribution in [0.25, 0.3) is 0 Å². The second kappa shape index (κ2) is 9.24. The molecule has 2 aliphatic rings. The van der Waals surface area contributed by atoms with E-state index in [-0.39, 0.29) is 11.6 Å². The molecular formula is C22H36N4O3S. The van der Waals surface area contributed by atoms with E-state index in [1.165, 1.54) is 10.7 Å². The Labute approximate surface area is 181 Å². The van der Waals surface area contributed by atoms with Crippen molar-refractivity contribution in [3.05, 3.63) is 30.3 Å². The quantitative estimate of drug-likeness (QED) is 0.770. The van der Waals surface area contributed by atoms with Gasteiger partial charge < -0.3 is 10.2 Å². The Hall–Kier alpha value is -1.64. The topological polar surface area (TPSA) is 73.0 Å². The Balaban J connectivity index is 1.51.